The van der Waals surface area contributed by atoms with Crippen LogP contribution in [-0.2, 0) is 13.1 Å². The van der Waals surface area contributed by atoms with Crippen molar-refractivity contribution < 1.29 is 4.42 Å². The second-order valence-corrected chi connectivity index (χ2v) is 7.56. The zero-order valence-corrected chi connectivity index (χ0v) is 15.1. The highest BCUT2D eigenvalue weighted by molar-refractivity contribution is 5.12. The lowest BCUT2D eigenvalue weighted by molar-refractivity contribution is 0.153. The van der Waals surface area contributed by atoms with Gasteiger partial charge in [0, 0.05) is 23.7 Å². The molecule has 25 heavy (non-hydrogen) atoms. The zero-order chi connectivity index (χ0) is 17.4. The van der Waals surface area contributed by atoms with Crippen LogP contribution in [0.15, 0.2) is 21.7 Å². The van der Waals surface area contributed by atoms with E-state index in [4.69, 9.17) is 4.42 Å². The van der Waals surface area contributed by atoms with Crippen molar-refractivity contribution in [2.24, 2.45) is 5.92 Å². The SMILES string of the molecule is Cc1ncn(CC2CCN(Cc3ncc(C4CC4)o3)CC2)c(=O)c1C. The van der Waals surface area contributed by atoms with Crippen LogP contribution in [0.5, 0.6) is 0 Å². The Balaban J connectivity index is 1.30. The van der Waals surface area contributed by atoms with Gasteiger partial charge in [-0.2, -0.15) is 0 Å². The summed E-state index contributed by atoms with van der Waals surface area (Å²) in [5.74, 6) is 3.06. The first-order chi connectivity index (χ1) is 12.1. The quantitative estimate of drug-likeness (QED) is 0.836. The standard InChI is InChI=1S/C19H26N4O2/c1-13-14(2)21-12-23(19(13)24)10-15-5-7-22(8-6-15)11-18-20-9-17(25-18)16-3-4-16/h9,12,15-16H,3-8,10-11H2,1-2H3. The molecule has 2 aromatic heterocycles. The Kier molecular flexibility index (Phi) is 4.46. The smallest absolute Gasteiger partial charge is 0.256 e. The van der Waals surface area contributed by atoms with Crippen LogP contribution in [0.3, 0.4) is 0 Å². The Morgan fingerprint density at radius 1 is 1.16 bits per heavy atom. The van der Waals surface area contributed by atoms with Gasteiger partial charge in [-0.3, -0.25) is 14.3 Å². The van der Waals surface area contributed by atoms with E-state index in [1.54, 1.807) is 10.9 Å². The van der Waals surface area contributed by atoms with Crippen LogP contribution in [0.1, 0.15) is 54.5 Å². The van der Waals surface area contributed by atoms with Crippen molar-refractivity contribution in [2.75, 3.05) is 13.1 Å². The van der Waals surface area contributed by atoms with Gasteiger partial charge in [-0.05, 0) is 58.5 Å². The van der Waals surface area contributed by atoms with Gasteiger partial charge in [0.1, 0.15) is 5.76 Å². The molecule has 0 aromatic carbocycles. The van der Waals surface area contributed by atoms with Gasteiger partial charge >= 0.3 is 0 Å². The van der Waals surface area contributed by atoms with Gasteiger partial charge in [0.15, 0.2) is 0 Å². The van der Waals surface area contributed by atoms with Crippen molar-refractivity contribution in [3.8, 4) is 0 Å². The van der Waals surface area contributed by atoms with E-state index in [9.17, 15) is 4.79 Å². The first-order valence-electron chi connectivity index (χ1n) is 9.29. The molecule has 2 aliphatic rings. The molecule has 1 saturated carbocycles. The van der Waals surface area contributed by atoms with Crippen LogP contribution < -0.4 is 5.56 Å². The number of hydrogen-bond donors (Lipinski definition) is 0. The normalized spacial score (nSPS) is 19.4. The third kappa shape index (κ3) is 3.68. The third-order valence-corrected chi connectivity index (χ3v) is 5.59. The molecule has 0 radical (unpaired) electrons. The number of nitrogens with zero attached hydrogens (tertiary/aromatic N) is 4. The lowest BCUT2D eigenvalue weighted by atomic mass is 9.96. The van der Waals surface area contributed by atoms with Crippen molar-refractivity contribution in [1.29, 1.82) is 0 Å². The lowest BCUT2D eigenvalue weighted by Gasteiger charge is -2.31. The van der Waals surface area contributed by atoms with Crippen LogP contribution >= 0.6 is 0 Å². The molecule has 4 rings (SSSR count). The molecule has 0 bridgehead atoms. The fraction of sp³-hybridized carbons (Fsp3) is 0.632. The molecule has 1 aliphatic heterocycles. The van der Waals surface area contributed by atoms with Crippen LogP contribution in [0.2, 0.25) is 0 Å². The van der Waals surface area contributed by atoms with Crippen LogP contribution in [-0.4, -0.2) is 32.5 Å². The molecular weight excluding hydrogens is 316 g/mol. The summed E-state index contributed by atoms with van der Waals surface area (Å²) in [5.41, 5.74) is 1.69. The highest BCUT2D eigenvalue weighted by atomic mass is 16.4. The van der Waals surface area contributed by atoms with Gasteiger partial charge < -0.3 is 4.42 Å². The number of aromatic nitrogens is 3. The molecule has 134 valence electrons. The average molecular weight is 342 g/mol. The second-order valence-electron chi connectivity index (χ2n) is 7.56. The molecule has 1 saturated heterocycles. The molecule has 1 aliphatic carbocycles. The Morgan fingerprint density at radius 2 is 1.92 bits per heavy atom. The number of piperidine rings is 1. The van der Waals surface area contributed by atoms with Crippen LogP contribution in [0, 0.1) is 19.8 Å². The van der Waals surface area contributed by atoms with Gasteiger partial charge in [0.2, 0.25) is 5.89 Å². The maximum Gasteiger partial charge on any atom is 0.256 e. The highest BCUT2D eigenvalue weighted by Gasteiger charge is 2.28. The Labute approximate surface area is 147 Å². The van der Waals surface area contributed by atoms with Crippen molar-refractivity contribution in [3.05, 3.63) is 45.8 Å². The fourth-order valence-electron chi connectivity index (χ4n) is 3.56. The number of hydrogen-bond acceptors (Lipinski definition) is 5. The molecule has 6 nitrogen and oxygen atoms in total. The minimum atomic E-state index is 0.0994. The number of aryl methyl sites for hydroxylation is 1. The Hall–Kier alpha value is -1.95. The zero-order valence-electron chi connectivity index (χ0n) is 15.1. The van der Waals surface area contributed by atoms with E-state index in [0.29, 0.717) is 11.8 Å². The first-order valence-corrected chi connectivity index (χ1v) is 9.29. The summed E-state index contributed by atoms with van der Waals surface area (Å²) in [5, 5.41) is 0. The van der Waals surface area contributed by atoms with E-state index in [0.717, 1.165) is 61.9 Å². The van der Waals surface area contributed by atoms with Gasteiger partial charge in [-0.25, -0.2) is 9.97 Å². The molecule has 3 heterocycles. The van der Waals surface area contributed by atoms with E-state index in [-0.39, 0.29) is 5.56 Å². The topological polar surface area (TPSA) is 64.2 Å². The van der Waals surface area contributed by atoms with Gasteiger partial charge in [0.05, 0.1) is 19.1 Å². The molecule has 2 fully saturated rings. The summed E-state index contributed by atoms with van der Waals surface area (Å²) in [6, 6.07) is 0. The summed E-state index contributed by atoms with van der Waals surface area (Å²) in [7, 11) is 0. The summed E-state index contributed by atoms with van der Waals surface area (Å²) in [4.78, 5) is 23.5. The second kappa shape index (κ2) is 6.75. The predicted molar refractivity (Wildman–Crippen MR) is 94.5 cm³/mol. The molecule has 2 aromatic rings. The monoisotopic (exact) mass is 342 g/mol. The van der Waals surface area contributed by atoms with E-state index >= 15 is 0 Å². The van der Waals surface area contributed by atoms with Gasteiger partial charge in [0.25, 0.3) is 5.56 Å². The molecule has 0 atom stereocenters. The van der Waals surface area contributed by atoms with Crippen molar-refractivity contribution in [3.63, 3.8) is 0 Å². The fourth-order valence-corrected chi connectivity index (χ4v) is 3.56. The van der Waals surface area contributed by atoms with E-state index < -0.39 is 0 Å². The van der Waals surface area contributed by atoms with Crippen molar-refractivity contribution in [2.45, 2.75) is 58.5 Å². The highest BCUT2D eigenvalue weighted by Crippen LogP contribution is 2.40. The summed E-state index contributed by atoms with van der Waals surface area (Å²) >= 11 is 0. The molecule has 0 amide bonds. The Morgan fingerprint density at radius 3 is 2.64 bits per heavy atom. The number of oxazole rings is 1. The van der Waals surface area contributed by atoms with Crippen LogP contribution in [0.4, 0.5) is 0 Å². The van der Waals surface area contributed by atoms with Gasteiger partial charge in [-0.1, -0.05) is 0 Å². The number of rotatable bonds is 5. The molecular formula is C19H26N4O2. The third-order valence-electron chi connectivity index (χ3n) is 5.59. The van der Waals surface area contributed by atoms with Gasteiger partial charge in [-0.15, -0.1) is 0 Å². The molecule has 6 heteroatoms. The minimum absolute atomic E-state index is 0.0994. The predicted octanol–water partition coefficient (Wildman–Crippen LogP) is 2.64. The maximum atomic E-state index is 12.3. The molecule has 0 N–H and O–H groups in total. The van der Waals surface area contributed by atoms with Crippen LogP contribution in [0.25, 0.3) is 0 Å². The summed E-state index contributed by atoms with van der Waals surface area (Å²) in [6.07, 6.45) is 8.27. The largest absolute Gasteiger partial charge is 0.444 e. The lowest BCUT2D eigenvalue weighted by Crippen LogP contribution is -2.36. The van der Waals surface area contributed by atoms with E-state index in [1.165, 1.54) is 12.8 Å². The first kappa shape index (κ1) is 16.5. The molecule has 0 unspecified atom stereocenters. The summed E-state index contributed by atoms with van der Waals surface area (Å²) in [6.45, 7) is 7.36. The minimum Gasteiger partial charge on any atom is -0.444 e. The Bertz CT molecular complexity index is 798. The maximum absolute atomic E-state index is 12.3. The van der Waals surface area contributed by atoms with E-state index in [1.807, 2.05) is 20.0 Å². The summed E-state index contributed by atoms with van der Waals surface area (Å²) < 4.78 is 7.64. The average Bonchev–Trinajstić information content (AvgIpc) is 3.37. The number of likely N-dealkylation sites (tertiary alicyclic amines) is 1. The van der Waals surface area contributed by atoms with Crippen molar-refractivity contribution in [1.82, 2.24) is 19.4 Å². The molecule has 0 spiro atoms. The van der Waals surface area contributed by atoms with E-state index in [2.05, 4.69) is 14.9 Å². The van der Waals surface area contributed by atoms with Crippen molar-refractivity contribution >= 4 is 0 Å².